The second kappa shape index (κ2) is 7.87. The Kier molecular flexibility index (Phi) is 5.37. The number of hydrogen-bond acceptors (Lipinski definition) is 2. The number of nitrogens with one attached hydrogen (secondary N) is 2. The number of rotatable bonds is 7. The summed E-state index contributed by atoms with van der Waals surface area (Å²) in [5, 5.41) is 3.84. The van der Waals surface area contributed by atoms with Gasteiger partial charge in [0, 0.05) is 29.4 Å². The maximum absolute atomic E-state index is 12.5. The number of amides is 2. The van der Waals surface area contributed by atoms with E-state index in [1.54, 1.807) is 0 Å². The molecule has 0 bridgehead atoms. The number of H-pyrrole nitrogens is 1. The predicted molar refractivity (Wildman–Crippen MR) is 102 cm³/mol. The minimum absolute atomic E-state index is 0.169. The molecule has 0 aliphatic heterocycles. The van der Waals surface area contributed by atoms with Gasteiger partial charge in [0.1, 0.15) is 6.04 Å². The Morgan fingerprint density at radius 3 is 2.46 bits per heavy atom. The number of para-hydroxylation sites is 1. The summed E-state index contributed by atoms with van der Waals surface area (Å²) in [6, 6.07) is 16.9. The van der Waals surface area contributed by atoms with Gasteiger partial charge in [-0.25, -0.2) is 0 Å². The SMILES string of the molecule is C[C@@H](Cc1ccccc1)C(=O)N[C@H](Cc1c[nH]c2ccccc12)C(N)=O. The average Bonchev–Trinajstić information content (AvgIpc) is 3.05. The van der Waals surface area contributed by atoms with Crippen LogP contribution in [-0.2, 0) is 22.4 Å². The minimum atomic E-state index is -0.736. The highest BCUT2D eigenvalue weighted by molar-refractivity contribution is 5.89. The van der Waals surface area contributed by atoms with E-state index in [-0.39, 0.29) is 11.8 Å². The first-order valence-electron chi connectivity index (χ1n) is 8.73. The van der Waals surface area contributed by atoms with Crippen molar-refractivity contribution >= 4 is 22.7 Å². The molecule has 2 amide bonds. The van der Waals surface area contributed by atoms with E-state index in [9.17, 15) is 9.59 Å². The molecule has 2 aromatic carbocycles. The molecule has 0 fully saturated rings. The van der Waals surface area contributed by atoms with Gasteiger partial charge < -0.3 is 16.0 Å². The first-order valence-corrected chi connectivity index (χ1v) is 8.73. The fourth-order valence-electron chi connectivity index (χ4n) is 3.12. The number of primary amides is 1. The van der Waals surface area contributed by atoms with Crippen molar-refractivity contribution in [2.75, 3.05) is 0 Å². The number of aromatic amines is 1. The van der Waals surface area contributed by atoms with E-state index in [2.05, 4.69) is 10.3 Å². The monoisotopic (exact) mass is 349 g/mol. The van der Waals surface area contributed by atoms with E-state index in [1.165, 1.54) is 0 Å². The summed E-state index contributed by atoms with van der Waals surface area (Å²) < 4.78 is 0. The Labute approximate surface area is 152 Å². The van der Waals surface area contributed by atoms with E-state index in [0.717, 1.165) is 22.0 Å². The van der Waals surface area contributed by atoms with Crippen molar-refractivity contribution in [2.45, 2.75) is 25.8 Å². The van der Waals surface area contributed by atoms with E-state index in [0.29, 0.717) is 12.8 Å². The predicted octanol–water partition coefficient (Wildman–Crippen LogP) is 2.56. The van der Waals surface area contributed by atoms with Crippen LogP contribution in [-0.4, -0.2) is 22.8 Å². The summed E-state index contributed by atoms with van der Waals surface area (Å²) >= 11 is 0. The van der Waals surface area contributed by atoms with Gasteiger partial charge in [0.25, 0.3) is 0 Å². The molecule has 1 heterocycles. The molecule has 0 saturated heterocycles. The van der Waals surface area contributed by atoms with Gasteiger partial charge in [-0.05, 0) is 23.6 Å². The molecule has 134 valence electrons. The lowest BCUT2D eigenvalue weighted by molar-refractivity contribution is -0.129. The zero-order valence-corrected chi connectivity index (χ0v) is 14.7. The molecule has 5 heteroatoms. The van der Waals surface area contributed by atoms with Gasteiger partial charge in [-0.2, -0.15) is 0 Å². The Morgan fingerprint density at radius 2 is 1.73 bits per heavy atom. The summed E-state index contributed by atoms with van der Waals surface area (Å²) in [5.74, 6) is -0.949. The second-order valence-corrected chi connectivity index (χ2v) is 6.62. The molecule has 0 unspecified atom stereocenters. The highest BCUT2D eigenvalue weighted by Gasteiger charge is 2.23. The lowest BCUT2D eigenvalue weighted by Crippen LogP contribution is -2.47. The quantitative estimate of drug-likeness (QED) is 0.612. The van der Waals surface area contributed by atoms with Crippen LogP contribution >= 0.6 is 0 Å². The van der Waals surface area contributed by atoms with E-state index in [1.807, 2.05) is 67.7 Å². The fourth-order valence-corrected chi connectivity index (χ4v) is 3.12. The molecule has 0 aliphatic rings. The lowest BCUT2D eigenvalue weighted by Gasteiger charge is -2.18. The van der Waals surface area contributed by atoms with E-state index in [4.69, 9.17) is 5.73 Å². The maximum atomic E-state index is 12.5. The van der Waals surface area contributed by atoms with Crippen LogP contribution in [0.15, 0.2) is 60.8 Å². The molecule has 0 spiro atoms. The third kappa shape index (κ3) is 4.11. The van der Waals surface area contributed by atoms with Crippen LogP contribution < -0.4 is 11.1 Å². The van der Waals surface area contributed by atoms with Gasteiger partial charge in [-0.3, -0.25) is 9.59 Å². The van der Waals surface area contributed by atoms with E-state index >= 15 is 0 Å². The van der Waals surface area contributed by atoms with Crippen LogP contribution in [0.3, 0.4) is 0 Å². The number of fused-ring (bicyclic) bond motifs is 1. The Balaban J connectivity index is 1.68. The van der Waals surface area contributed by atoms with Gasteiger partial charge in [-0.15, -0.1) is 0 Å². The minimum Gasteiger partial charge on any atom is -0.368 e. The van der Waals surface area contributed by atoms with Crippen LogP contribution in [0.2, 0.25) is 0 Å². The molecule has 3 rings (SSSR count). The number of aromatic nitrogens is 1. The third-order valence-corrected chi connectivity index (χ3v) is 4.59. The highest BCUT2D eigenvalue weighted by Crippen LogP contribution is 2.19. The van der Waals surface area contributed by atoms with Crippen molar-refractivity contribution in [3.05, 3.63) is 71.9 Å². The van der Waals surface area contributed by atoms with E-state index < -0.39 is 11.9 Å². The van der Waals surface area contributed by atoms with Crippen LogP contribution in [0.4, 0.5) is 0 Å². The summed E-state index contributed by atoms with van der Waals surface area (Å²) in [7, 11) is 0. The fraction of sp³-hybridized carbons (Fsp3) is 0.238. The molecule has 3 aromatic rings. The summed E-state index contributed by atoms with van der Waals surface area (Å²) in [6.07, 6.45) is 2.84. The summed E-state index contributed by atoms with van der Waals surface area (Å²) in [5.41, 5.74) is 8.57. The zero-order valence-electron chi connectivity index (χ0n) is 14.7. The van der Waals surface area contributed by atoms with Gasteiger partial charge in [0.05, 0.1) is 0 Å². The van der Waals surface area contributed by atoms with Gasteiger partial charge in [-0.1, -0.05) is 55.5 Å². The number of benzene rings is 2. The second-order valence-electron chi connectivity index (χ2n) is 6.62. The topological polar surface area (TPSA) is 88.0 Å². The molecule has 0 saturated carbocycles. The van der Waals surface area contributed by atoms with Crippen LogP contribution in [0.1, 0.15) is 18.1 Å². The molecule has 4 N–H and O–H groups in total. The van der Waals surface area contributed by atoms with Gasteiger partial charge in [0.15, 0.2) is 0 Å². The molecule has 5 nitrogen and oxygen atoms in total. The molecule has 26 heavy (non-hydrogen) atoms. The molecular formula is C21H23N3O2. The molecule has 1 aromatic heterocycles. The zero-order chi connectivity index (χ0) is 18.5. The van der Waals surface area contributed by atoms with Crippen molar-refractivity contribution in [2.24, 2.45) is 11.7 Å². The Morgan fingerprint density at radius 1 is 1.04 bits per heavy atom. The molecular weight excluding hydrogens is 326 g/mol. The Hall–Kier alpha value is -3.08. The Bertz CT molecular complexity index is 902. The molecule has 2 atom stereocenters. The molecule has 0 radical (unpaired) electrons. The van der Waals surface area contributed by atoms with Crippen molar-refractivity contribution in [3.63, 3.8) is 0 Å². The summed E-state index contributed by atoms with van der Waals surface area (Å²) in [4.78, 5) is 27.6. The number of carbonyl (C=O) groups is 2. The first kappa shape index (κ1) is 17.7. The normalized spacial score (nSPS) is 13.3. The van der Waals surface area contributed by atoms with Crippen molar-refractivity contribution < 1.29 is 9.59 Å². The smallest absolute Gasteiger partial charge is 0.240 e. The third-order valence-electron chi connectivity index (χ3n) is 4.59. The van der Waals surface area contributed by atoms with Crippen molar-refractivity contribution in [3.8, 4) is 0 Å². The first-order chi connectivity index (χ1) is 12.5. The standard InChI is InChI=1S/C21H23N3O2/c1-14(11-15-7-3-2-4-8-15)21(26)24-19(20(22)25)12-16-13-23-18-10-6-5-9-17(16)18/h2-10,13-14,19,23H,11-12H2,1H3,(H2,22,25)(H,24,26)/t14-,19+/m0/s1. The van der Waals surface area contributed by atoms with Crippen LogP contribution in [0.25, 0.3) is 10.9 Å². The van der Waals surface area contributed by atoms with Gasteiger partial charge in [0.2, 0.25) is 11.8 Å². The van der Waals surface area contributed by atoms with Crippen molar-refractivity contribution in [1.82, 2.24) is 10.3 Å². The summed E-state index contributed by atoms with van der Waals surface area (Å²) in [6.45, 7) is 1.85. The lowest BCUT2D eigenvalue weighted by atomic mass is 9.99. The number of hydrogen-bond donors (Lipinski definition) is 3. The molecule has 0 aliphatic carbocycles. The van der Waals surface area contributed by atoms with Crippen LogP contribution in [0, 0.1) is 5.92 Å². The number of nitrogens with two attached hydrogens (primary N) is 1. The van der Waals surface area contributed by atoms with Crippen LogP contribution in [0.5, 0.6) is 0 Å². The number of carbonyl (C=O) groups excluding carboxylic acids is 2. The largest absolute Gasteiger partial charge is 0.368 e. The van der Waals surface area contributed by atoms with Crippen molar-refractivity contribution in [1.29, 1.82) is 0 Å². The maximum Gasteiger partial charge on any atom is 0.240 e. The highest BCUT2D eigenvalue weighted by atomic mass is 16.2. The average molecular weight is 349 g/mol. The van der Waals surface area contributed by atoms with Gasteiger partial charge >= 0.3 is 0 Å².